The highest BCUT2D eigenvalue weighted by Crippen LogP contribution is 2.24. The molecule has 1 aromatic heterocycles. The summed E-state index contributed by atoms with van der Waals surface area (Å²) >= 11 is 0. The number of hydrogen-bond acceptors (Lipinski definition) is 4. The lowest BCUT2D eigenvalue weighted by Gasteiger charge is -2.18. The van der Waals surface area contributed by atoms with Crippen LogP contribution in [-0.2, 0) is 6.54 Å². The smallest absolute Gasteiger partial charge is 0.191 e. The first-order chi connectivity index (χ1) is 13.1. The van der Waals surface area contributed by atoms with Crippen molar-refractivity contribution in [2.45, 2.75) is 33.2 Å². The summed E-state index contributed by atoms with van der Waals surface area (Å²) in [6.45, 7) is 7.88. The van der Waals surface area contributed by atoms with Gasteiger partial charge in [-0.1, -0.05) is 30.3 Å². The minimum absolute atomic E-state index is 0.00869. The van der Waals surface area contributed by atoms with Crippen molar-refractivity contribution in [1.29, 1.82) is 0 Å². The minimum atomic E-state index is 0.00869. The molecule has 0 aliphatic rings. The third-order valence-corrected chi connectivity index (χ3v) is 4.49. The third kappa shape index (κ3) is 5.69. The number of aromatic nitrogens is 1. The Hall–Kier alpha value is -2.60. The molecule has 0 aliphatic heterocycles. The van der Waals surface area contributed by atoms with Crippen molar-refractivity contribution in [3.05, 3.63) is 58.9 Å². The number of ether oxygens (including phenoxy) is 1. The zero-order valence-corrected chi connectivity index (χ0v) is 16.6. The summed E-state index contributed by atoms with van der Waals surface area (Å²) in [6.07, 6.45) is 1.81. The van der Waals surface area contributed by atoms with Gasteiger partial charge in [-0.2, -0.15) is 0 Å². The number of aliphatic hydroxyl groups is 1. The average Bonchev–Trinajstić information content (AvgIpc) is 2.69. The third-order valence-electron chi connectivity index (χ3n) is 4.49. The molecule has 1 unspecified atom stereocenters. The first-order valence-electron chi connectivity index (χ1n) is 9.27. The molecule has 0 amide bonds. The molecule has 27 heavy (non-hydrogen) atoms. The molecule has 1 heterocycles. The Bertz CT molecular complexity index is 747. The van der Waals surface area contributed by atoms with Crippen LogP contribution in [0.4, 0.5) is 0 Å². The van der Waals surface area contributed by atoms with E-state index in [1.165, 1.54) is 0 Å². The lowest BCUT2D eigenvalue weighted by molar-refractivity contribution is 0.265. The summed E-state index contributed by atoms with van der Waals surface area (Å²) in [4.78, 5) is 9.14. The van der Waals surface area contributed by atoms with Gasteiger partial charge in [-0.3, -0.25) is 4.98 Å². The number of guanidine groups is 1. The lowest BCUT2D eigenvalue weighted by Crippen LogP contribution is -2.40. The fourth-order valence-corrected chi connectivity index (χ4v) is 2.96. The number of methoxy groups -OCH3 is 1. The number of aryl methyl sites for hydroxylation is 1. The Morgan fingerprint density at radius 2 is 1.96 bits per heavy atom. The number of nitrogens with one attached hydrogen (secondary N) is 2. The number of benzene rings is 1. The lowest BCUT2D eigenvalue weighted by atomic mass is 10.0. The molecule has 6 nitrogen and oxygen atoms in total. The highest BCUT2D eigenvalue weighted by atomic mass is 16.5. The van der Waals surface area contributed by atoms with E-state index in [1.807, 2.05) is 57.3 Å². The summed E-state index contributed by atoms with van der Waals surface area (Å²) in [5.74, 6) is 1.57. The fourth-order valence-electron chi connectivity index (χ4n) is 2.96. The highest BCUT2D eigenvalue weighted by Gasteiger charge is 2.12. The topological polar surface area (TPSA) is 78.8 Å². The number of nitrogens with zero attached hydrogens (tertiary/aromatic N) is 2. The second-order valence-electron chi connectivity index (χ2n) is 6.41. The van der Waals surface area contributed by atoms with Gasteiger partial charge in [0.1, 0.15) is 5.75 Å². The summed E-state index contributed by atoms with van der Waals surface area (Å²) < 4.78 is 5.47. The van der Waals surface area contributed by atoms with Gasteiger partial charge in [0.25, 0.3) is 0 Å². The zero-order chi connectivity index (χ0) is 19.6. The molecule has 1 atom stereocenters. The minimum Gasteiger partial charge on any atom is -0.496 e. The predicted octanol–water partition coefficient (Wildman–Crippen LogP) is 2.54. The van der Waals surface area contributed by atoms with E-state index in [4.69, 9.17) is 4.74 Å². The van der Waals surface area contributed by atoms with Gasteiger partial charge in [0.2, 0.25) is 0 Å². The van der Waals surface area contributed by atoms with Crippen LogP contribution in [-0.4, -0.2) is 42.9 Å². The molecule has 1 aromatic carbocycles. The molecule has 2 aromatic rings. The number of aliphatic imine (C=N–C) groups is 1. The van der Waals surface area contributed by atoms with Crippen LogP contribution in [0.1, 0.15) is 35.2 Å². The largest absolute Gasteiger partial charge is 0.496 e. The SMILES string of the molecule is CCNC(=NCc1ncc(C)c(OC)c1C)NCC(CO)c1ccccc1. The van der Waals surface area contributed by atoms with Crippen LogP contribution in [0.5, 0.6) is 5.75 Å². The molecule has 0 spiro atoms. The van der Waals surface area contributed by atoms with Gasteiger partial charge in [-0.05, 0) is 26.3 Å². The van der Waals surface area contributed by atoms with E-state index in [0.29, 0.717) is 19.0 Å². The van der Waals surface area contributed by atoms with Gasteiger partial charge in [-0.15, -0.1) is 0 Å². The molecule has 3 N–H and O–H groups in total. The molecule has 146 valence electrons. The molecule has 0 bridgehead atoms. The first kappa shape index (κ1) is 20.7. The van der Waals surface area contributed by atoms with Crippen molar-refractivity contribution < 1.29 is 9.84 Å². The molecule has 0 saturated carbocycles. The second kappa shape index (κ2) is 10.5. The van der Waals surface area contributed by atoms with E-state index in [0.717, 1.165) is 34.7 Å². The van der Waals surface area contributed by atoms with E-state index in [1.54, 1.807) is 7.11 Å². The van der Waals surface area contributed by atoms with E-state index in [2.05, 4.69) is 20.6 Å². The zero-order valence-electron chi connectivity index (χ0n) is 16.6. The molecule has 6 heteroatoms. The first-order valence-corrected chi connectivity index (χ1v) is 9.27. The Morgan fingerprint density at radius 1 is 1.22 bits per heavy atom. The van der Waals surface area contributed by atoms with Gasteiger partial charge in [0, 0.05) is 36.3 Å². The van der Waals surface area contributed by atoms with E-state index in [9.17, 15) is 5.11 Å². The molecular weight excluding hydrogens is 340 g/mol. The molecular formula is C21H30N4O2. The molecule has 0 saturated heterocycles. The summed E-state index contributed by atoms with van der Waals surface area (Å²) in [5, 5.41) is 16.3. The average molecular weight is 370 g/mol. The molecule has 0 radical (unpaired) electrons. The van der Waals surface area contributed by atoms with Crippen LogP contribution < -0.4 is 15.4 Å². The maximum Gasteiger partial charge on any atom is 0.191 e. The van der Waals surface area contributed by atoms with Crippen molar-refractivity contribution in [2.24, 2.45) is 4.99 Å². The number of aliphatic hydroxyl groups excluding tert-OH is 1. The molecule has 0 fully saturated rings. The van der Waals surface area contributed by atoms with Crippen molar-refractivity contribution >= 4 is 5.96 Å². The van der Waals surface area contributed by atoms with Gasteiger partial charge >= 0.3 is 0 Å². The standard InChI is InChI=1S/C21H30N4O2/c1-5-22-21(24-12-18(14-26)17-9-7-6-8-10-17)25-13-19-16(3)20(27-4)15(2)11-23-19/h6-11,18,26H,5,12-14H2,1-4H3,(H2,22,24,25). The number of rotatable bonds is 8. The van der Waals surface area contributed by atoms with E-state index in [-0.39, 0.29) is 12.5 Å². The van der Waals surface area contributed by atoms with Crippen LogP contribution in [0.3, 0.4) is 0 Å². The van der Waals surface area contributed by atoms with E-state index >= 15 is 0 Å². The quantitative estimate of drug-likeness (QED) is 0.492. The van der Waals surface area contributed by atoms with E-state index < -0.39 is 0 Å². The monoisotopic (exact) mass is 370 g/mol. The van der Waals surface area contributed by atoms with Gasteiger partial charge in [0.15, 0.2) is 5.96 Å². The van der Waals surface area contributed by atoms with Gasteiger partial charge in [0.05, 0.1) is 26.0 Å². The van der Waals surface area contributed by atoms with Crippen molar-refractivity contribution in [3.63, 3.8) is 0 Å². The van der Waals surface area contributed by atoms with Crippen LogP contribution in [0.25, 0.3) is 0 Å². The Balaban J connectivity index is 2.08. The summed E-state index contributed by atoms with van der Waals surface area (Å²) in [6, 6.07) is 9.99. The second-order valence-corrected chi connectivity index (χ2v) is 6.41. The van der Waals surface area contributed by atoms with Crippen LogP contribution in [0, 0.1) is 13.8 Å². The van der Waals surface area contributed by atoms with Crippen molar-refractivity contribution in [1.82, 2.24) is 15.6 Å². The summed E-state index contributed by atoms with van der Waals surface area (Å²) in [5.41, 5.74) is 4.01. The van der Waals surface area contributed by atoms with Crippen molar-refractivity contribution in [2.75, 3.05) is 26.8 Å². The predicted molar refractivity (Wildman–Crippen MR) is 109 cm³/mol. The maximum atomic E-state index is 9.73. The molecule has 0 aliphatic carbocycles. The van der Waals surface area contributed by atoms with Gasteiger partial charge in [-0.25, -0.2) is 4.99 Å². The maximum absolute atomic E-state index is 9.73. The Morgan fingerprint density at radius 3 is 2.59 bits per heavy atom. The van der Waals surface area contributed by atoms with Crippen LogP contribution in [0.15, 0.2) is 41.5 Å². The van der Waals surface area contributed by atoms with Crippen LogP contribution >= 0.6 is 0 Å². The Labute approximate surface area is 161 Å². The summed E-state index contributed by atoms with van der Waals surface area (Å²) in [7, 11) is 1.67. The van der Waals surface area contributed by atoms with Crippen molar-refractivity contribution in [3.8, 4) is 5.75 Å². The molecule has 2 rings (SSSR count). The number of hydrogen-bond donors (Lipinski definition) is 3. The Kier molecular flexibility index (Phi) is 8.07. The van der Waals surface area contributed by atoms with Gasteiger partial charge < -0.3 is 20.5 Å². The normalized spacial score (nSPS) is 12.6. The number of pyridine rings is 1. The fraction of sp³-hybridized carbons (Fsp3) is 0.429. The van der Waals surface area contributed by atoms with Crippen LogP contribution in [0.2, 0.25) is 0 Å². The highest BCUT2D eigenvalue weighted by molar-refractivity contribution is 5.79.